The van der Waals surface area contributed by atoms with Gasteiger partial charge in [-0.1, -0.05) is 18.7 Å². The van der Waals surface area contributed by atoms with Gasteiger partial charge in [0.1, 0.15) is 11.5 Å². The zero-order valence-electron chi connectivity index (χ0n) is 10.1. The van der Waals surface area contributed by atoms with E-state index in [0.29, 0.717) is 17.3 Å². The van der Waals surface area contributed by atoms with Crippen molar-refractivity contribution in [1.29, 1.82) is 0 Å². The summed E-state index contributed by atoms with van der Waals surface area (Å²) in [5, 5.41) is 3.05. The second-order valence-corrected chi connectivity index (χ2v) is 5.39. The van der Waals surface area contributed by atoms with Crippen molar-refractivity contribution in [3.8, 4) is 0 Å². The van der Waals surface area contributed by atoms with Gasteiger partial charge in [0.2, 0.25) is 0 Å². The Hall–Kier alpha value is -1.17. The van der Waals surface area contributed by atoms with Crippen molar-refractivity contribution >= 4 is 22.6 Å². The summed E-state index contributed by atoms with van der Waals surface area (Å²) in [4.78, 5) is 4.38. The van der Waals surface area contributed by atoms with E-state index < -0.39 is 17.5 Å². The van der Waals surface area contributed by atoms with Crippen LogP contribution in [0.15, 0.2) is 17.1 Å². The largest absolute Gasteiger partial charge is 0.330 e. The van der Waals surface area contributed by atoms with Gasteiger partial charge in [0.05, 0.1) is 5.54 Å². The molecule has 0 radical (unpaired) electrons. The molecule has 1 atom stereocenters. The summed E-state index contributed by atoms with van der Waals surface area (Å²) in [6.07, 6.45) is 0.847. The molecule has 0 bridgehead atoms. The lowest BCUT2D eigenvalue weighted by Crippen LogP contribution is -2.20. The molecule has 1 aromatic carbocycles. The molecular formula is C12H13F3N2S. The number of halogens is 3. The molecule has 1 unspecified atom stereocenters. The maximum atomic E-state index is 13.4. The van der Waals surface area contributed by atoms with Crippen molar-refractivity contribution in [2.45, 2.75) is 25.8 Å². The summed E-state index contributed by atoms with van der Waals surface area (Å²) in [5.74, 6) is -2.09. The molecule has 18 heavy (non-hydrogen) atoms. The molecule has 1 aromatic rings. The molecule has 0 saturated carbocycles. The van der Waals surface area contributed by atoms with Crippen molar-refractivity contribution in [2.24, 2.45) is 4.99 Å². The van der Waals surface area contributed by atoms with Crippen LogP contribution in [0.25, 0.3) is 0 Å². The van der Waals surface area contributed by atoms with Crippen molar-refractivity contribution < 1.29 is 13.2 Å². The fraction of sp³-hybridized carbons (Fsp3) is 0.417. The minimum absolute atomic E-state index is 0.208. The number of thioether (sulfide) groups is 1. The predicted molar refractivity (Wildman–Crippen MR) is 68.5 cm³/mol. The van der Waals surface area contributed by atoms with Crippen LogP contribution in [0, 0.1) is 17.5 Å². The first kappa shape index (κ1) is 13.3. The molecule has 0 fully saturated rings. The van der Waals surface area contributed by atoms with E-state index in [4.69, 9.17) is 0 Å². The Balaban J connectivity index is 2.24. The molecule has 1 N–H and O–H groups in total. The summed E-state index contributed by atoms with van der Waals surface area (Å²) in [6.45, 7) is 3.98. The summed E-state index contributed by atoms with van der Waals surface area (Å²) in [7, 11) is 0. The molecule has 1 heterocycles. The molecule has 1 aliphatic heterocycles. The molecule has 0 aliphatic carbocycles. The lowest BCUT2D eigenvalue weighted by atomic mass is 10.0. The van der Waals surface area contributed by atoms with Crippen LogP contribution in [0.3, 0.4) is 0 Å². The standard InChI is InChI=1S/C12H13F3N2S/c1-3-12(2)6-18-11(17-12)16-10-8(14)4-7(13)5-9(10)15/h4-5H,3,6H2,1-2H3,(H,16,17). The second-order valence-electron chi connectivity index (χ2n) is 4.43. The highest BCUT2D eigenvalue weighted by Gasteiger charge is 2.29. The third-order valence-corrected chi connectivity index (χ3v) is 4.12. The molecule has 0 saturated heterocycles. The molecular weight excluding hydrogens is 261 g/mol. The van der Waals surface area contributed by atoms with Crippen LogP contribution in [-0.2, 0) is 0 Å². The molecule has 2 nitrogen and oxygen atoms in total. The third kappa shape index (κ3) is 2.63. The Morgan fingerprint density at radius 1 is 1.33 bits per heavy atom. The molecule has 98 valence electrons. The Labute approximate surface area is 108 Å². The Morgan fingerprint density at radius 2 is 1.94 bits per heavy atom. The van der Waals surface area contributed by atoms with E-state index in [9.17, 15) is 13.2 Å². The molecule has 2 rings (SSSR count). The molecule has 0 amide bonds. The number of hydrogen-bond acceptors (Lipinski definition) is 3. The number of nitrogens with zero attached hydrogens (tertiary/aromatic N) is 1. The Bertz CT molecular complexity index is 481. The van der Waals surface area contributed by atoms with E-state index >= 15 is 0 Å². The van der Waals surface area contributed by atoms with Crippen molar-refractivity contribution in [3.05, 3.63) is 29.6 Å². The lowest BCUT2D eigenvalue weighted by Gasteiger charge is -2.15. The first-order chi connectivity index (χ1) is 8.43. The average Bonchev–Trinajstić information content (AvgIpc) is 2.66. The minimum atomic E-state index is -0.957. The van der Waals surface area contributed by atoms with E-state index in [1.807, 2.05) is 13.8 Å². The Morgan fingerprint density at radius 3 is 2.44 bits per heavy atom. The average molecular weight is 274 g/mol. The van der Waals surface area contributed by atoms with Gasteiger partial charge in [-0.15, -0.1) is 0 Å². The minimum Gasteiger partial charge on any atom is -0.330 e. The van der Waals surface area contributed by atoms with Crippen molar-refractivity contribution in [3.63, 3.8) is 0 Å². The molecule has 0 spiro atoms. The van der Waals surface area contributed by atoms with Gasteiger partial charge in [-0.05, 0) is 13.3 Å². The Kier molecular flexibility index (Phi) is 3.56. The monoisotopic (exact) mass is 274 g/mol. The first-order valence-corrected chi connectivity index (χ1v) is 6.56. The number of amidine groups is 1. The zero-order valence-corrected chi connectivity index (χ0v) is 10.9. The van der Waals surface area contributed by atoms with Crippen LogP contribution in [0.5, 0.6) is 0 Å². The van der Waals surface area contributed by atoms with Crippen LogP contribution in [0.2, 0.25) is 0 Å². The highest BCUT2D eigenvalue weighted by atomic mass is 32.2. The number of rotatable bonds is 2. The van der Waals surface area contributed by atoms with Crippen LogP contribution >= 0.6 is 11.8 Å². The van der Waals surface area contributed by atoms with Crippen LogP contribution in [-0.4, -0.2) is 16.5 Å². The molecule has 1 aliphatic rings. The maximum absolute atomic E-state index is 13.4. The van der Waals surface area contributed by atoms with E-state index in [-0.39, 0.29) is 11.2 Å². The summed E-state index contributed by atoms with van der Waals surface area (Å²) >= 11 is 1.40. The van der Waals surface area contributed by atoms with Crippen molar-refractivity contribution in [1.82, 2.24) is 0 Å². The topological polar surface area (TPSA) is 24.4 Å². The number of benzene rings is 1. The quantitative estimate of drug-likeness (QED) is 0.887. The fourth-order valence-corrected chi connectivity index (χ4v) is 2.72. The van der Waals surface area contributed by atoms with E-state index in [1.54, 1.807) is 0 Å². The number of nitrogens with one attached hydrogen (secondary N) is 1. The van der Waals surface area contributed by atoms with E-state index in [1.165, 1.54) is 11.8 Å². The van der Waals surface area contributed by atoms with Gasteiger partial charge >= 0.3 is 0 Å². The van der Waals surface area contributed by atoms with Gasteiger partial charge in [-0.2, -0.15) is 0 Å². The van der Waals surface area contributed by atoms with Crippen LogP contribution < -0.4 is 5.32 Å². The van der Waals surface area contributed by atoms with Crippen molar-refractivity contribution in [2.75, 3.05) is 11.1 Å². The SMILES string of the molecule is CCC1(C)CSC(Nc2c(F)cc(F)cc2F)=N1. The highest BCUT2D eigenvalue weighted by molar-refractivity contribution is 8.14. The van der Waals surface area contributed by atoms with Crippen LogP contribution in [0.4, 0.5) is 18.9 Å². The smallest absolute Gasteiger partial charge is 0.161 e. The predicted octanol–water partition coefficient (Wildman–Crippen LogP) is 3.79. The van der Waals surface area contributed by atoms with Gasteiger partial charge < -0.3 is 5.32 Å². The van der Waals surface area contributed by atoms with Gasteiger partial charge in [0.25, 0.3) is 0 Å². The fourth-order valence-electron chi connectivity index (χ4n) is 1.55. The number of hydrogen-bond donors (Lipinski definition) is 1. The number of anilines is 1. The third-order valence-electron chi connectivity index (χ3n) is 2.89. The summed E-state index contributed by atoms with van der Waals surface area (Å²) in [6, 6.07) is 1.29. The van der Waals surface area contributed by atoms with Crippen LogP contribution in [0.1, 0.15) is 20.3 Å². The molecule has 6 heteroatoms. The number of aliphatic imine (C=N–C) groups is 1. The highest BCUT2D eigenvalue weighted by Crippen LogP contribution is 2.31. The van der Waals surface area contributed by atoms with Gasteiger partial charge in [-0.25, -0.2) is 13.2 Å². The normalized spacial score (nSPS) is 23.1. The second kappa shape index (κ2) is 4.84. The van der Waals surface area contributed by atoms with Gasteiger partial charge in [0, 0.05) is 17.9 Å². The lowest BCUT2D eigenvalue weighted by molar-refractivity contribution is 0.522. The zero-order chi connectivity index (χ0) is 13.3. The van der Waals surface area contributed by atoms with E-state index in [2.05, 4.69) is 10.3 Å². The summed E-state index contributed by atoms with van der Waals surface area (Å²) < 4.78 is 39.6. The maximum Gasteiger partial charge on any atom is 0.161 e. The van der Waals surface area contributed by atoms with Gasteiger partial charge in [0.15, 0.2) is 16.8 Å². The van der Waals surface area contributed by atoms with E-state index in [0.717, 1.165) is 12.2 Å². The summed E-state index contributed by atoms with van der Waals surface area (Å²) in [5.41, 5.74) is -0.567. The molecule has 0 aromatic heterocycles. The first-order valence-electron chi connectivity index (χ1n) is 5.58. The van der Waals surface area contributed by atoms with Gasteiger partial charge in [-0.3, -0.25) is 4.99 Å².